The van der Waals surface area contributed by atoms with Crippen molar-refractivity contribution in [1.29, 1.82) is 0 Å². The van der Waals surface area contributed by atoms with Gasteiger partial charge in [0.25, 0.3) is 0 Å². The van der Waals surface area contributed by atoms with E-state index in [-0.39, 0.29) is 0 Å². The van der Waals surface area contributed by atoms with Crippen LogP contribution in [-0.2, 0) is 11.3 Å². The maximum Gasteiger partial charge on any atom is 0.0897 e. The smallest absolute Gasteiger partial charge is 0.0897 e. The molecule has 0 spiro atoms. The number of hydrogen-bond acceptors (Lipinski definition) is 3. The van der Waals surface area contributed by atoms with Gasteiger partial charge >= 0.3 is 0 Å². The largest absolute Gasteiger partial charge is 0.389 e. The molecule has 0 aliphatic rings. The van der Waals surface area contributed by atoms with Gasteiger partial charge in [0.1, 0.15) is 0 Å². The van der Waals surface area contributed by atoms with Crippen LogP contribution in [0.3, 0.4) is 0 Å². The summed E-state index contributed by atoms with van der Waals surface area (Å²) < 4.78 is 5.42. The van der Waals surface area contributed by atoms with Crippen LogP contribution in [0.5, 0.6) is 0 Å². The highest BCUT2D eigenvalue weighted by Gasteiger charge is 2.04. The third-order valence-electron chi connectivity index (χ3n) is 2.18. The number of ether oxygens (including phenoxy) is 1. The SMILES string of the molecule is CC(C)NCC(O)COCc1ccccc1. The molecule has 0 bridgehead atoms. The molecule has 0 saturated carbocycles. The van der Waals surface area contributed by atoms with E-state index in [0.29, 0.717) is 25.8 Å². The highest BCUT2D eigenvalue weighted by atomic mass is 16.5. The zero-order chi connectivity index (χ0) is 11.8. The first-order chi connectivity index (χ1) is 7.68. The summed E-state index contributed by atoms with van der Waals surface area (Å²) >= 11 is 0. The molecular formula is C13H21NO2. The van der Waals surface area contributed by atoms with Crippen LogP contribution in [-0.4, -0.2) is 30.4 Å². The number of aliphatic hydroxyl groups excluding tert-OH is 1. The normalized spacial score (nSPS) is 13.0. The Kier molecular flexibility index (Phi) is 6.08. The average Bonchev–Trinajstić information content (AvgIpc) is 2.28. The Morgan fingerprint density at radius 2 is 1.94 bits per heavy atom. The van der Waals surface area contributed by atoms with Crippen molar-refractivity contribution in [2.45, 2.75) is 32.6 Å². The van der Waals surface area contributed by atoms with Gasteiger partial charge < -0.3 is 15.2 Å². The van der Waals surface area contributed by atoms with Crippen LogP contribution in [0.15, 0.2) is 30.3 Å². The van der Waals surface area contributed by atoms with E-state index in [1.165, 1.54) is 0 Å². The molecule has 0 fully saturated rings. The molecule has 1 aromatic rings. The summed E-state index contributed by atoms with van der Waals surface area (Å²) in [5.41, 5.74) is 1.13. The van der Waals surface area contributed by atoms with Gasteiger partial charge in [-0.25, -0.2) is 0 Å². The zero-order valence-electron chi connectivity index (χ0n) is 10.0. The Morgan fingerprint density at radius 1 is 1.25 bits per heavy atom. The molecule has 0 amide bonds. The third kappa shape index (κ3) is 5.85. The van der Waals surface area contributed by atoms with E-state index >= 15 is 0 Å². The van der Waals surface area contributed by atoms with Crippen LogP contribution >= 0.6 is 0 Å². The maximum atomic E-state index is 9.59. The fourth-order valence-corrected chi connectivity index (χ4v) is 1.32. The van der Waals surface area contributed by atoms with Crippen molar-refractivity contribution in [3.63, 3.8) is 0 Å². The summed E-state index contributed by atoms with van der Waals surface area (Å²) in [4.78, 5) is 0. The fraction of sp³-hybridized carbons (Fsp3) is 0.538. The molecule has 1 aromatic carbocycles. The highest BCUT2D eigenvalue weighted by Crippen LogP contribution is 2.00. The van der Waals surface area contributed by atoms with E-state index in [0.717, 1.165) is 5.56 Å². The van der Waals surface area contributed by atoms with Gasteiger partial charge in [-0.1, -0.05) is 44.2 Å². The minimum absolute atomic E-state index is 0.370. The standard InChI is InChI=1S/C13H21NO2/c1-11(2)14-8-13(15)10-16-9-12-6-4-3-5-7-12/h3-7,11,13-15H,8-10H2,1-2H3. The summed E-state index contributed by atoms with van der Waals surface area (Å²) in [5, 5.41) is 12.8. The van der Waals surface area contributed by atoms with Gasteiger partial charge in [-0.05, 0) is 5.56 Å². The molecular weight excluding hydrogens is 202 g/mol. The van der Waals surface area contributed by atoms with E-state index in [2.05, 4.69) is 19.2 Å². The predicted octanol–water partition coefficient (Wildman–Crippen LogP) is 1.56. The first-order valence-corrected chi connectivity index (χ1v) is 5.71. The van der Waals surface area contributed by atoms with Crippen LogP contribution in [0, 0.1) is 0 Å². The molecule has 0 aliphatic heterocycles. The predicted molar refractivity (Wildman–Crippen MR) is 65.2 cm³/mol. The number of nitrogens with one attached hydrogen (secondary N) is 1. The summed E-state index contributed by atoms with van der Waals surface area (Å²) in [6.07, 6.45) is -0.439. The average molecular weight is 223 g/mol. The molecule has 1 atom stereocenters. The van der Waals surface area contributed by atoms with E-state index in [1.54, 1.807) is 0 Å². The quantitative estimate of drug-likeness (QED) is 0.737. The van der Waals surface area contributed by atoms with Crippen molar-refractivity contribution in [3.8, 4) is 0 Å². The molecule has 3 heteroatoms. The molecule has 90 valence electrons. The van der Waals surface area contributed by atoms with Gasteiger partial charge in [-0.3, -0.25) is 0 Å². The first kappa shape index (κ1) is 13.2. The Morgan fingerprint density at radius 3 is 2.56 bits per heavy atom. The molecule has 0 aliphatic carbocycles. The highest BCUT2D eigenvalue weighted by molar-refractivity contribution is 5.13. The van der Waals surface area contributed by atoms with Crippen molar-refractivity contribution in [1.82, 2.24) is 5.32 Å². The molecule has 1 unspecified atom stereocenters. The lowest BCUT2D eigenvalue weighted by molar-refractivity contribution is 0.0281. The van der Waals surface area contributed by atoms with Crippen molar-refractivity contribution in [2.24, 2.45) is 0 Å². The first-order valence-electron chi connectivity index (χ1n) is 5.71. The van der Waals surface area contributed by atoms with Gasteiger partial charge in [0.05, 0.1) is 19.3 Å². The Hall–Kier alpha value is -0.900. The van der Waals surface area contributed by atoms with E-state index in [9.17, 15) is 5.11 Å². The zero-order valence-corrected chi connectivity index (χ0v) is 10.0. The second kappa shape index (κ2) is 7.39. The van der Waals surface area contributed by atoms with Crippen LogP contribution in [0.1, 0.15) is 19.4 Å². The topological polar surface area (TPSA) is 41.5 Å². The van der Waals surface area contributed by atoms with Gasteiger partial charge in [-0.2, -0.15) is 0 Å². The van der Waals surface area contributed by atoms with Crippen LogP contribution in [0.4, 0.5) is 0 Å². The summed E-state index contributed by atoms with van der Waals surface area (Å²) in [7, 11) is 0. The number of aliphatic hydroxyl groups is 1. The molecule has 0 saturated heterocycles. The second-order valence-corrected chi connectivity index (χ2v) is 4.22. The van der Waals surface area contributed by atoms with E-state index in [4.69, 9.17) is 4.74 Å². The molecule has 0 aromatic heterocycles. The Balaban J connectivity index is 2.11. The van der Waals surface area contributed by atoms with Crippen LogP contribution < -0.4 is 5.32 Å². The second-order valence-electron chi connectivity index (χ2n) is 4.22. The summed E-state index contributed by atoms with van der Waals surface area (Å²) in [6.45, 7) is 5.61. The molecule has 0 radical (unpaired) electrons. The Bertz CT molecular complexity index is 275. The molecule has 16 heavy (non-hydrogen) atoms. The van der Waals surface area contributed by atoms with Gasteiger partial charge in [0, 0.05) is 12.6 Å². The summed E-state index contributed by atoms with van der Waals surface area (Å²) in [6, 6.07) is 10.4. The van der Waals surface area contributed by atoms with Crippen LogP contribution in [0.25, 0.3) is 0 Å². The molecule has 0 heterocycles. The van der Waals surface area contributed by atoms with Crippen molar-refractivity contribution < 1.29 is 9.84 Å². The lowest BCUT2D eigenvalue weighted by Crippen LogP contribution is -2.34. The minimum Gasteiger partial charge on any atom is -0.389 e. The fourth-order valence-electron chi connectivity index (χ4n) is 1.32. The van der Waals surface area contributed by atoms with Gasteiger partial charge in [0.2, 0.25) is 0 Å². The monoisotopic (exact) mass is 223 g/mol. The van der Waals surface area contributed by atoms with E-state index < -0.39 is 6.10 Å². The number of rotatable bonds is 7. The maximum absolute atomic E-state index is 9.59. The lowest BCUT2D eigenvalue weighted by Gasteiger charge is -2.14. The molecule has 2 N–H and O–H groups in total. The lowest BCUT2D eigenvalue weighted by atomic mass is 10.2. The minimum atomic E-state index is -0.439. The van der Waals surface area contributed by atoms with Crippen molar-refractivity contribution in [2.75, 3.05) is 13.2 Å². The van der Waals surface area contributed by atoms with E-state index in [1.807, 2.05) is 30.3 Å². The van der Waals surface area contributed by atoms with Gasteiger partial charge in [-0.15, -0.1) is 0 Å². The third-order valence-corrected chi connectivity index (χ3v) is 2.18. The van der Waals surface area contributed by atoms with Crippen molar-refractivity contribution in [3.05, 3.63) is 35.9 Å². The number of hydrogen-bond donors (Lipinski definition) is 2. The molecule has 1 rings (SSSR count). The summed E-state index contributed by atoms with van der Waals surface area (Å²) in [5.74, 6) is 0. The molecule has 3 nitrogen and oxygen atoms in total. The number of benzene rings is 1. The van der Waals surface area contributed by atoms with Crippen LogP contribution in [0.2, 0.25) is 0 Å². The van der Waals surface area contributed by atoms with Crippen molar-refractivity contribution >= 4 is 0 Å². The van der Waals surface area contributed by atoms with Gasteiger partial charge in [0.15, 0.2) is 0 Å². The Labute approximate surface area is 97.4 Å².